The normalized spacial score (nSPS) is 23.0. The molecule has 0 radical (unpaired) electrons. The van der Waals surface area contributed by atoms with E-state index in [1.54, 1.807) is 0 Å². The number of benzene rings is 2. The molecule has 214 valence electrons. The summed E-state index contributed by atoms with van der Waals surface area (Å²) in [6.45, 7) is 7.75. The van der Waals surface area contributed by atoms with E-state index < -0.39 is 0 Å². The summed E-state index contributed by atoms with van der Waals surface area (Å²) in [6, 6.07) is 12.5. The second-order valence-electron chi connectivity index (χ2n) is 12.0. The van der Waals surface area contributed by atoms with E-state index in [9.17, 15) is 14.0 Å². The van der Waals surface area contributed by atoms with Crippen LogP contribution in [0.25, 0.3) is 0 Å². The van der Waals surface area contributed by atoms with Gasteiger partial charge in [-0.05, 0) is 119 Å². The topological polar surface area (TPSA) is 91.0 Å². The van der Waals surface area contributed by atoms with E-state index in [-0.39, 0.29) is 35.6 Å². The molecule has 2 fully saturated rings. The molecule has 2 aliphatic heterocycles. The van der Waals surface area contributed by atoms with Gasteiger partial charge in [-0.3, -0.25) is 14.5 Å². The van der Waals surface area contributed by atoms with E-state index in [0.29, 0.717) is 17.9 Å². The second kappa shape index (κ2) is 12.6. The number of hydrogen-bond donors (Lipinski definition) is 2. The van der Waals surface area contributed by atoms with Crippen molar-refractivity contribution in [1.29, 1.82) is 0 Å². The molecule has 3 N–H and O–H groups in total. The average Bonchev–Trinajstić information content (AvgIpc) is 3.30. The summed E-state index contributed by atoms with van der Waals surface area (Å²) in [5.41, 5.74) is 9.80. The first-order valence-electron chi connectivity index (χ1n) is 14.8. The third-order valence-electron chi connectivity index (χ3n) is 8.67. The first kappa shape index (κ1) is 28.4. The number of halogens is 1. The molecule has 3 aliphatic rings. The van der Waals surface area contributed by atoms with Crippen LogP contribution in [0.15, 0.2) is 47.5 Å². The number of amides is 2. The molecule has 2 heterocycles. The van der Waals surface area contributed by atoms with Crippen LogP contribution in [0.1, 0.15) is 73.9 Å². The van der Waals surface area contributed by atoms with E-state index in [4.69, 9.17) is 5.73 Å². The Morgan fingerprint density at radius 1 is 1.02 bits per heavy atom. The van der Waals surface area contributed by atoms with Gasteiger partial charge in [0.25, 0.3) is 5.91 Å². The van der Waals surface area contributed by atoms with Crippen LogP contribution in [0.3, 0.4) is 0 Å². The number of nitrogens with zero attached hydrogens (tertiary/aromatic N) is 3. The molecule has 0 bridgehead atoms. The molecule has 40 heavy (non-hydrogen) atoms. The predicted molar refractivity (Wildman–Crippen MR) is 157 cm³/mol. The van der Waals surface area contributed by atoms with Gasteiger partial charge in [0.15, 0.2) is 0 Å². The van der Waals surface area contributed by atoms with Crippen LogP contribution in [0.5, 0.6) is 0 Å². The van der Waals surface area contributed by atoms with Crippen LogP contribution in [0.2, 0.25) is 0 Å². The summed E-state index contributed by atoms with van der Waals surface area (Å²) in [5, 5.41) is 3.06. The summed E-state index contributed by atoms with van der Waals surface area (Å²) in [7, 11) is 0. The van der Waals surface area contributed by atoms with Gasteiger partial charge in [0, 0.05) is 42.2 Å². The Kier molecular flexibility index (Phi) is 8.96. The Labute approximate surface area is 237 Å². The highest BCUT2D eigenvalue weighted by Crippen LogP contribution is 2.38. The lowest BCUT2D eigenvalue weighted by Gasteiger charge is -2.36. The number of piperidine rings is 1. The summed E-state index contributed by atoms with van der Waals surface area (Å²) < 4.78 is 13.4. The number of anilines is 1. The average molecular weight is 548 g/mol. The number of likely N-dealkylation sites (tertiary alicyclic amines) is 1. The zero-order chi connectivity index (χ0) is 28.2. The molecule has 1 aliphatic carbocycles. The third kappa shape index (κ3) is 6.61. The molecule has 1 saturated carbocycles. The number of hydrogen-bond acceptors (Lipinski definition) is 4. The number of aliphatic imine (C=N–C) groups is 1. The van der Waals surface area contributed by atoms with Gasteiger partial charge in [0.1, 0.15) is 11.7 Å². The highest BCUT2D eigenvalue weighted by atomic mass is 19.1. The molecule has 8 heteroatoms. The minimum absolute atomic E-state index is 0.0183. The van der Waals surface area contributed by atoms with E-state index >= 15 is 0 Å². The predicted octanol–water partition coefficient (Wildman–Crippen LogP) is 4.68. The first-order chi connectivity index (χ1) is 19.3. The van der Waals surface area contributed by atoms with Gasteiger partial charge in [-0.15, -0.1) is 0 Å². The number of nitrogens with one attached hydrogen (secondary N) is 1. The van der Waals surface area contributed by atoms with Crippen LogP contribution in [-0.4, -0.2) is 54.3 Å². The highest BCUT2D eigenvalue weighted by Gasteiger charge is 2.36. The van der Waals surface area contributed by atoms with Crippen molar-refractivity contribution in [2.24, 2.45) is 22.6 Å². The molecular formula is C32H42FN5O2. The molecule has 2 aromatic carbocycles. The largest absolute Gasteiger partial charge is 0.354 e. The summed E-state index contributed by atoms with van der Waals surface area (Å²) in [5.74, 6) is 0.779. The molecular weight excluding hydrogens is 505 g/mol. The van der Waals surface area contributed by atoms with Crippen molar-refractivity contribution in [3.05, 3.63) is 65.0 Å². The summed E-state index contributed by atoms with van der Waals surface area (Å²) in [4.78, 5) is 35.1. The van der Waals surface area contributed by atoms with Crippen molar-refractivity contribution >= 4 is 23.3 Å². The number of nitrogens with two attached hydrogens (primary N) is 1. The fraction of sp³-hybridized carbons (Fsp3) is 0.531. The van der Waals surface area contributed by atoms with Crippen LogP contribution in [-0.2, 0) is 17.8 Å². The standard InChI is InChI=1S/C32H42FN5O2/c1-21(2)35-31(39)25-7-11-28(12-8-25)38-29-17-23(20-37-15-13-22(19-34)14-16-37)3-4-26(29)18-30(38)36-32(40)24-5-9-27(33)10-6-24/h3-6,9-10,17,21-22,25,28H,7-8,11-16,18-20,34H2,1-2H3,(H,35,39). The molecule has 2 aromatic rings. The SMILES string of the molecule is CC(C)NC(=O)C1CCC(N2C(=NC(=O)c3ccc(F)cc3)Cc3ccc(CN4CCC(CN)CC4)cc32)CC1. The maximum absolute atomic E-state index is 13.4. The fourth-order valence-corrected chi connectivity index (χ4v) is 6.39. The van der Waals surface area contributed by atoms with Crippen molar-refractivity contribution in [2.45, 2.75) is 77.4 Å². The smallest absolute Gasteiger partial charge is 0.278 e. The van der Waals surface area contributed by atoms with Gasteiger partial charge in [-0.2, -0.15) is 4.99 Å². The van der Waals surface area contributed by atoms with E-state index in [1.165, 1.54) is 29.8 Å². The Hall–Kier alpha value is -3.10. The first-order valence-corrected chi connectivity index (χ1v) is 14.8. The molecule has 0 aromatic heterocycles. The number of carbonyl (C=O) groups is 2. The second-order valence-corrected chi connectivity index (χ2v) is 12.0. The monoisotopic (exact) mass is 547 g/mol. The molecule has 7 nitrogen and oxygen atoms in total. The molecule has 2 amide bonds. The van der Waals surface area contributed by atoms with Gasteiger partial charge in [-0.1, -0.05) is 12.1 Å². The van der Waals surface area contributed by atoms with Gasteiger partial charge < -0.3 is 16.0 Å². The van der Waals surface area contributed by atoms with Gasteiger partial charge in [-0.25, -0.2) is 4.39 Å². The lowest BCUT2D eigenvalue weighted by molar-refractivity contribution is -0.126. The lowest BCUT2D eigenvalue weighted by Crippen LogP contribution is -2.44. The quantitative estimate of drug-likeness (QED) is 0.525. The van der Waals surface area contributed by atoms with Crippen molar-refractivity contribution < 1.29 is 14.0 Å². The molecule has 0 unspecified atom stereocenters. The fourth-order valence-electron chi connectivity index (χ4n) is 6.39. The Balaban J connectivity index is 1.37. The highest BCUT2D eigenvalue weighted by molar-refractivity contribution is 6.12. The number of rotatable bonds is 7. The van der Waals surface area contributed by atoms with Crippen LogP contribution >= 0.6 is 0 Å². The van der Waals surface area contributed by atoms with Gasteiger partial charge >= 0.3 is 0 Å². The van der Waals surface area contributed by atoms with E-state index in [1.807, 2.05) is 13.8 Å². The summed E-state index contributed by atoms with van der Waals surface area (Å²) in [6.07, 6.45) is 6.20. The maximum Gasteiger partial charge on any atom is 0.278 e. The van der Waals surface area contributed by atoms with Crippen molar-refractivity contribution in [3.8, 4) is 0 Å². The molecule has 5 rings (SSSR count). The lowest BCUT2D eigenvalue weighted by atomic mass is 9.84. The van der Waals surface area contributed by atoms with Crippen molar-refractivity contribution in [3.63, 3.8) is 0 Å². The Bertz CT molecular complexity index is 1230. The summed E-state index contributed by atoms with van der Waals surface area (Å²) >= 11 is 0. The van der Waals surface area contributed by atoms with Crippen molar-refractivity contribution in [2.75, 3.05) is 24.5 Å². The number of fused-ring (bicyclic) bond motifs is 1. The van der Waals surface area contributed by atoms with Crippen LogP contribution in [0, 0.1) is 17.7 Å². The zero-order valence-electron chi connectivity index (χ0n) is 23.7. The van der Waals surface area contributed by atoms with Crippen LogP contribution < -0.4 is 16.0 Å². The molecule has 0 atom stereocenters. The van der Waals surface area contributed by atoms with Crippen LogP contribution in [0.4, 0.5) is 10.1 Å². The number of carbonyl (C=O) groups excluding carboxylic acids is 2. The van der Waals surface area contributed by atoms with Gasteiger partial charge in [0.05, 0.1) is 0 Å². The molecule has 0 spiro atoms. The minimum atomic E-state index is -0.378. The van der Waals surface area contributed by atoms with E-state index in [0.717, 1.165) is 81.8 Å². The maximum atomic E-state index is 13.4. The Morgan fingerprint density at radius 3 is 2.38 bits per heavy atom. The molecule has 1 saturated heterocycles. The third-order valence-corrected chi connectivity index (χ3v) is 8.67. The minimum Gasteiger partial charge on any atom is -0.354 e. The van der Waals surface area contributed by atoms with E-state index in [2.05, 4.69) is 38.3 Å². The zero-order valence-corrected chi connectivity index (χ0v) is 23.7. The number of amidine groups is 1. The Morgan fingerprint density at radius 2 is 1.73 bits per heavy atom. The van der Waals surface area contributed by atoms with Crippen molar-refractivity contribution in [1.82, 2.24) is 10.2 Å². The van der Waals surface area contributed by atoms with Gasteiger partial charge in [0.2, 0.25) is 5.91 Å².